The van der Waals surface area contributed by atoms with Crippen LogP contribution in [0.1, 0.15) is 28.4 Å². The number of hydrogen-bond acceptors (Lipinski definition) is 4. The zero-order valence-electron chi connectivity index (χ0n) is 17.8. The quantitative estimate of drug-likeness (QED) is 0.573. The molecule has 162 valence electrons. The van der Waals surface area contributed by atoms with E-state index < -0.39 is 10.0 Å². The van der Waals surface area contributed by atoms with Gasteiger partial charge in [-0.25, -0.2) is 8.42 Å². The number of anilines is 1. The Bertz CT molecular complexity index is 1160. The largest absolute Gasteiger partial charge is 0.494 e. The van der Waals surface area contributed by atoms with Crippen LogP contribution in [0.5, 0.6) is 5.75 Å². The van der Waals surface area contributed by atoms with E-state index in [0.29, 0.717) is 30.0 Å². The minimum Gasteiger partial charge on any atom is -0.494 e. The Morgan fingerprint density at radius 2 is 1.68 bits per heavy atom. The number of sulfonamides is 1. The second-order valence-electron chi connectivity index (χ2n) is 7.01. The number of carbonyl (C=O) groups excluding carboxylic acids is 1. The van der Waals surface area contributed by atoms with Gasteiger partial charge in [0.15, 0.2) is 0 Å². The molecule has 0 aromatic heterocycles. The van der Waals surface area contributed by atoms with Crippen LogP contribution in [0, 0.1) is 6.92 Å². The van der Waals surface area contributed by atoms with E-state index in [1.807, 2.05) is 31.2 Å². The molecule has 0 fully saturated rings. The van der Waals surface area contributed by atoms with Crippen LogP contribution in [-0.2, 0) is 16.6 Å². The average molecular weight is 439 g/mol. The van der Waals surface area contributed by atoms with Gasteiger partial charge in [0.05, 0.1) is 17.2 Å². The smallest absolute Gasteiger partial charge is 0.264 e. The molecule has 0 atom stereocenters. The number of carbonyl (C=O) groups is 1. The molecule has 0 heterocycles. The van der Waals surface area contributed by atoms with Crippen molar-refractivity contribution in [2.75, 3.05) is 18.0 Å². The lowest BCUT2D eigenvalue weighted by atomic mass is 10.1. The Kier molecular flexibility index (Phi) is 6.97. The summed E-state index contributed by atoms with van der Waals surface area (Å²) in [5.41, 5.74) is 2.55. The topological polar surface area (TPSA) is 75.7 Å². The summed E-state index contributed by atoms with van der Waals surface area (Å²) in [6.45, 7) is 4.57. The molecule has 7 heteroatoms. The van der Waals surface area contributed by atoms with Crippen LogP contribution >= 0.6 is 0 Å². The van der Waals surface area contributed by atoms with E-state index in [1.165, 1.54) is 11.4 Å². The van der Waals surface area contributed by atoms with Crippen LogP contribution in [0.15, 0.2) is 77.7 Å². The van der Waals surface area contributed by atoms with E-state index in [0.717, 1.165) is 11.3 Å². The number of nitrogens with one attached hydrogen (secondary N) is 1. The summed E-state index contributed by atoms with van der Waals surface area (Å²) in [5, 5.41) is 2.90. The van der Waals surface area contributed by atoms with Gasteiger partial charge in [-0.2, -0.15) is 0 Å². The number of nitrogens with zero attached hydrogens (tertiary/aromatic N) is 1. The molecule has 1 amide bonds. The number of amides is 1. The lowest BCUT2D eigenvalue weighted by Crippen LogP contribution is -2.27. The summed E-state index contributed by atoms with van der Waals surface area (Å²) in [6, 6.07) is 20.8. The Morgan fingerprint density at radius 3 is 2.35 bits per heavy atom. The van der Waals surface area contributed by atoms with E-state index in [2.05, 4.69) is 5.32 Å². The van der Waals surface area contributed by atoms with Crippen LogP contribution in [-0.4, -0.2) is 28.0 Å². The Morgan fingerprint density at radius 1 is 1.00 bits per heavy atom. The molecule has 0 spiro atoms. The minimum absolute atomic E-state index is 0.215. The molecule has 3 rings (SSSR count). The van der Waals surface area contributed by atoms with Crippen molar-refractivity contribution in [3.8, 4) is 5.75 Å². The highest BCUT2D eigenvalue weighted by Crippen LogP contribution is 2.26. The molecule has 1 N–H and O–H groups in total. The van der Waals surface area contributed by atoms with Gasteiger partial charge in [0.1, 0.15) is 5.75 Å². The van der Waals surface area contributed by atoms with Gasteiger partial charge < -0.3 is 10.1 Å². The highest BCUT2D eigenvalue weighted by Gasteiger charge is 2.22. The predicted molar refractivity (Wildman–Crippen MR) is 122 cm³/mol. The first-order valence-electron chi connectivity index (χ1n) is 9.98. The maximum absolute atomic E-state index is 12.9. The first-order valence-corrected chi connectivity index (χ1v) is 11.4. The van der Waals surface area contributed by atoms with Crippen molar-refractivity contribution in [1.82, 2.24) is 5.32 Å². The molecule has 6 nitrogen and oxygen atoms in total. The van der Waals surface area contributed by atoms with Crippen LogP contribution in [0.2, 0.25) is 0 Å². The first-order chi connectivity index (χ1) is 14.8. The van der Waals surface area contributed by atoms with Gasteiger partial charge in [-0.15, -0.1) is 0 Å². The number of hydrogen-bond donors (Lipinski definition) is 1. The predicted octanol–water partition coefficient (Wildman–Crippen LogP) is 4.15. The maximum Gasteiger partial charge on any atom is 0.264 e. The lowest BCUT2D eigenvalue weighted by Gasteiger charge is -2.22. The summed E-state index contributed by atoms with van der Waals surface area (Å²) < 4.78 is 32.6. The van der Waals surface area contributed by atoms with Crippen molar-refractivity contribution in [2.24, 2.45) is 0 Å². The summed E-state index contributed by atoms with van der Waals surface area (Å²) in [5.74, 6) is 0.499. The third kappa shape index (κ3) is 5.06. The molecule has 3 aromatic rings. The van der Waals surface area contributed by atoms with Gasteiger partial charge in [0.2, 0.25) is 0 Å². The second-order valence-corrected chi connectivity index (χ2v) is 8.98. The monoisotopic (exact) mass is 438 g/mol. The molecular weight excluding hydrogens is 412 g/mol. The van der Waals surface area contributed by atoms with Crippen LogP contribution in [0.25, 0.3) is 0 Å². The van der Waals surface area contributed by atoms with E-state index in [9.17, 15) is 13.2 Å². The molecular formula is C24H26N2O4S. The number of para-hydroxylation sites is 1. The summed E-state index contributed by atoms with van der Waals surface area (Å²) in [7, 11) is -2.18. The first kappa shape index (κ1) is 22.4. The summed E-state index contributed by atoms with van der Waals surface area (Å²) in [4.78, 5) is 12.9. The third-order valence-electron chi connectivity index (χ3n) is 4.91. The molecule has 0 saturated heterocycles. The molecule has 0 radical (unpaired) electrons. The van der Waals surface area contributed by atoms with Crippen LogP contribution in [0.3, 0.4) is 0 Å². The average Bonchev–Trinajstić information content (AvgIpc) is 2.78. The molecule has 31 heavy (non-hydrogen) atoms. The zero-order valence-corrected chi connectivity index (χ0v) is 18.6. The second kappa shape index (κ2) is 9.66. The van der Waals surface area contributed by atoms with Gasteiger partial charge in [0, 0.05) is 24.7 Å². The molecule has 0 unspecified atom stereocenters. The van der Waals surface area contributed by atoms with Crippen molar-refractivity contribution in [1.29, 1.82) is 0 Å². The Labute approximate surface area is 183 Å². The van der Waals surface area contributed by atoms with Crippen molar-refractivity contribution >= 4 is 21.6 Å². The van der Waals surface area contributed by atoms with Gasteiger partial charge in [0.25, 0.3) is 15.9 Å². The Hall–Kier alpha value is -3.32. The minimum atomic E-state index is -3.69. The number of ether oxygens (including phenoxy) is 1. The fraction of sp³-hybridized carbons (Fsp3) is 0.208. The summed E-state index contributed by atoms with van der Waals surface area (Å²) in [6.07, 6.45) is 0. The third-order valence-corrected chi connectivity index (χ3v) is 6.70. The van der Waals surface area contributed by atoms with E-state index >= 15 is 0 Å². The SMILES string of the molecule is CCOc1ccccc1CNC(=O)c1ccc(N(C)S(=O)(=O)c2ccccc2)c(C)c1. The summed E-state index contributed by atoms with van der Waals surface area (Å²) >= 11 is 0. The van der Waals surface area contributed by atoms with E-state index in [-0.39, 0.29) is 10.8 Å². The molecule has 0 aliphatic carbocycles. The van der Waals surface area contributed by atoms with Gasteiger partial charge >= 0.3 is 0 Å². The van der Waals surface area contributed by atoms with Gasteiger partial charge in [-0.05, 0) is 55.8 Å². The maximum atomic E-state index is 12.9. The van der Waals surface area contributed by atoms with Crippen molar-refractivity contribution < 1.29 is 17.9 Å². The van der Waals surface area contributed by atoms with Gasteiger partial charge in [-0.1, -0.05) is 36.4 Å². The van der Waals surface area contributed by atoms with Crippen LogP contribution < -0.4 is 14.4 Å². The molecule has 0 aliphatic heterocycles. The highest BCUT2D eigenvalue weighted by atomic mass is 32.2. The van der Waals surface area contributed by atoms with Crippen molar-refractivity contribution in [2.45, 2.75) is 25.3 Å². The molecule has 3 aromatic carbocycles. The van der Waals surface area contributed by atoms with Crippen molar-refractivity contribution in [3.05, 3.63) is 89.5 Å². The normalized spacial score (nSPS) is 11.1. The lowest BCUT2D eigenvalue weighted by molar-refractivity contribution is 0.0950. The molecule has 0 aliphatic rings. The number of aryl methyl sites for hydroxylation is 1. The molecule has 0 bridgehead atoms. The Balaban J connectivity index is 1.75. The van der Waals surface area contributed by atoms with Crippen molar-refractivity contribution in [3.63, 3.8) is 0 Å². The zero-order chi connectivity index (χ0) is 22.4. The highest BCUT2D eigenvalue weighted by molar-refractivity contribution is 7.92. The van der Waals surface area contributed by atoms with E-state index in [1.54, 1.807) is 55.5 Å². The van der Waals surface area contributed by atoms with Gasteiger partial charge in [-0.3, -0.25) is 9.10 Å². The van der Waals surface area contributed by atoms with Crippen LogP contribution in [0.4, 0.5) is 5.69 Å². The number of rotatable bonds is 8. The number of benzene rings is 3. The molecule has 0 saturated carbocycles. The standard InChI is InChI=1S/C24H26N2O4S/c1-4-30-23-13-9-8-10-20(23)17-25-24(27)19-14-15-22(18(2)16-19)26(3)31(28,29)21-11-6-5-7-12-21/h5-16H,4,17H2,1-3H3,(H,25,27). The fourth-order valence-electron chi connectivity index (χ4n) is 3.25. The fourth-order valence-corrected chi connectivity index (χ4v) is 4.53. The van der Waals surface area contributed by atoms with E-state index in [4.69, 9.17) is 4.74 Å².